The summed E-state index contributed by atoms with van der Waals surface area (Å²) >= 11 is 0. The molecule has 114 valence electrons. The van der Waals surface area contributed by atoms with Crippen molar-refractivity contribution in [2.45, 2.75) is 37.6 Å². The van der Waals surface area contributed by atoms with Gasteiger partial charge in [0.2, 0.25) is 5.91 Å². The third-order valence-electron chi connectivity index (χ3n) is 3.61. The van der Waals surface area contributed by atoms with Crippen molar-refractivity contribution in [1.29, 1.82) is 0 Å². The molecule has 4 N–H and O–H groups in total. The van der Waals surface area contributed by atoms with Gasteiger partial charge in [0, 0.05) is 17.6 Å². The zero-order valence-corrected chi connectivity index (χ0v) is 11.8. The molecular formula is C15H20N2O4. The van der Waals surface area contributed by atoms with E-state index < -0.39 is 5.97 Å². The number of anilines is 1. The predicted molar refractivity (Wildman–Crippen MR) is 78.2 cm³/mol. The topological polar surface area (TPSA) is 102 Å². The summed E-state index contributed by atoms with van der Waals surface area (Å²) in [5.74, 6) is -0.683. The lowest BCUT2D eigenvalue weighted by Crippen LogP contribution is -2.40. The van der Waals surface area contributed by atoms with E-state index in [9.17, 15) is 9.59 Å². The van der Waals surface area contributed by atoms with Gasteiger partial charge in [-0.1, -0.05) is 12.8 Å². The normalized spacial score (nSPS) is 16.4. The molecule has 2 rings (SSSR count). The molecule has 0 radical (unpaired) electrons. The van der Waals surface area contributed by atoms with Gasteiger partial charge in [-0.25, -0.2) is 4.79 Å². The highest BCUT2D eigenvalue weighted by Gasteiger charge is 2.31. The van der Waals surface area contributed by atoms with E-state index in [2.05, 4.69) is 5.32 Å². The van der Waals surface area contributed by atoms with Crippen molar-refractivity contribution in [1.82, 2.24) is 0 Å². The maximum absolute atomic E-state index is 12.0. The summed E-state index contributed by atoms with van der Waals surface area (Å²) in [6.45, 7) is -0.388. The fourth-order valence-corrected chi connectivity index (χ4v) is 2.56. The van der Waals surface area contributed by atoms with E-state index in [0.29, 0.717) is 17.9 Å². The first kappa shape index (κ1) is 15.3. The maximum atomic E-state index is 12.0. The Morgan fingerprint density at radius 2 is 1.86 bits per heavy atom. The minimum Gasteiger partial charge on any atom is -0.482 e. The van der Waals surface area contributed by atoms with Crippen molar-refractivity contribution in [3.8, 4) is 5.75 Å². The highest BCUT2D eigenvalue weighted by Crippen LogP contribution is 2.30. The molecule has 1 amide bonds. The Balaban J connectivity index is 1.85. The van der Waals surface area contributed by atoms with Gasteiger partial charge in [-0.05, 0) is 37.1 Å². The minimum atomic E-state index is -1.03. The largest absolute Gasteiger partial charge is 0.482 e. The number of ether oxygens (including phenoxy) is 1. The molecule has 6 heteroatoms. The van der Waals surface area contributed by atoms with Crippen LogP contribution in [0.5, 0.6) is 5.75 Å². The Labute approximate surface area is 123 Å². The monoisotopic (exact) mass is 292 g/mol. The number of nitrogens with two attached hydrogens (primary N) is 1. The van der Waals surface area contributed by atoms with E-state index in [1.807, 2.05) is 0 Å². The Bertz CT molecular complexity index is 507. The zero-order chi connectivity index (χ0) is 15.3. The number of benzene rings is 1. The first-order valence-corrected chi connectivity index (χ1v) is 7.00. The number of hydrogen-bond acceptors (Lipinski definition) is 4. The average molecular weight is 292 g/mol. The smallest absolute Gasteiger partial charge is 0.341 e. The highest BCUT2D eigenvalue weighted by atomic mass is 16.5. The molecule has 0 spiro atoms. The van der Waals surface area contributed by atoms with Crippen molar-refractivity contribution >= 4 is 17.6 Å². The number of carbonyl (C=O) groups excluding carboxylic acids is 1. The maximum Gasteiger partial charge on any atom is 0.341 e. The lowest BCUT2D eigenvalue weighted by Gasteiger charge is -2.22. The van der Waals surface area contributed by atoms with Crippen molar-refractivity contribution in [2.24, 2.45) is 5.73 Å². The summed E-state index contributed by atoms with van der Waals surface area (Å²) in [7, 11) is 0. The van der Waals surface area contributed by atoms with Crippen molar-refractivity contribution in [3.05, 3.63) is 24.3 Å². The van der Waals surface area contributed by atoms with E-state index in [0.717, 1.165) is 25.7 Å². The molecule has 1 aromatic carbocycles. The lowest BCUT2D eigenvalue weighted by molar-refractivity contribution is -0.139. The number of amides is 1. The van der Waals surface area contributed by atoms with Crippen LogP contribution in [-0.4, -0.2) is 29.1 Å². The number of rotatable bonds is 6. The highest BCUT2D eigenvalue weighted by molar-refractivity contribution is 5.91. The van der Waals surface area contributed by atoms with Gasteiger partial charge in [-0.2, -0.15) is 0 Å². The molecule has 1 aliphatic rings. The van der Waals surface area contributed by atoms with Crippen LogP contribution in [0.4, 0.5) is 5.69 Å². The third kappa shape index (κ3) is 4.75. The van der Waals surface area contributed by atoms with Crippen LogP contribution in [0.3, 0.4) is 0 Å². The Kier molecular flexibility index (Phi) is 4.80. The molecule has 0 saturated heterocycles. The first-order valence-electron chi connectivity index (χ1n) is 7.00. The number of carboxylic acids is 1. The van der Waals surface area contributed by atoms with Gasteiger partial charge in [0.05, 0.1) is 0 Å². The third-order valence-corrected chi connectivity index (χ3v) is 3.61. The van der Waals surface area contributed by atoms with Gasteiger partial charge in [0.1, 0.15) is 5.75 Å². The summed E-state index contributed by atoms with van der Waals surface area (Å²) in [5, 5.41) is 11.3. The second kappa shape index (κ2) is 6.58. The van der Waals surface area contributed by atoms with Crippen LogP contribution in [-0.2, 0) is 9.59 Å². The summed E-state index contributed by atoms with van der Waals surface area (Å²) in [6.07, 6.45) is 4.27. The van der Waals surface area contributed by atoms with Crippen LogP contribution in [0.25, 0.3) is 0 Å². The molecule has 6 nitrogen and oxygen atoms in total. The quantitative estimate of drug-likeness (QED) is 0.741. The second-order valence-corrected chi connectivity index (χ2v) is 5.50. The van der Waals surface area contributed by atoms with Crippen LogP contribution in [0.15, 0.2) is 24.3 Å². The minimum absolute atomic E-state index is 0.0985. The molecule has 1 saturated carbocycles. The van der Waals surface area contributed by atoms with Crippen molar-refractivity contribution in [2.75, 3.05) is 11.9 Å². The molecule has 21 heavy (non-hydrogen) atoms. The van der Waals surface area contributed by atoms with Crippen molar-refractivity contribution in [3.63, 3.8) is 0 Å². The van der Waals surface area contributed by atoms with Gasteiger partial charge in [-0.15, -0.1) is 0 Å². The molecule has 0 atom stereocenters. The fourth-order valence-electron chi connectivity index (χ4n) is 2.56. The molecule has 1 fully saturated rings. The van der Waals surface area contributed by atoms with Gasteiger partial charge >= 0.3 is 5.97 Å². The molecule has 0 aromatic heterocycles. The predicted octanol–water partition coefficient (Wildman–Crippen LogP) is 1.75. The molecule has 0 unspecified atom stereocenters. The molecule has 0 heterocycles. The van der Waals surface area contributed by atoms with Gasteiger partial charge in [0.25, 0.3) is 0 Å². The number of hydrogen-bond donors (Lipinski definition) is 3. The van der Waals surface area contributed by atoms with E-state index in [1.165, 1.54) is 0 Å². The second-order valence-electron chi connectivity index (χ2n) is 5.50. The number of carbonyl (C=O) groups is 2. The van der Waals surface area contributed by atoms with Crippen molar-refractivity contribution < 1.29 is 19.4 Å². The van der Waals surface area contributed by atoms with Crippen LogP contribution < -0.4 is 15.8 Å². The summed E-state index contributed by atoms with van der Waals surface area (Å²) in [4.78, 5) is 22.4. The summed E-state index contributed by atoms with van der Waals surface area (Å²) < 4.78 is 5.02. The SMILES string of the molecule is NC1(CC(=O)Nc2ccc(OCC(=O)O)cc2)CCCC1. The molecule has 0 bridgehead atoms. The molecular weight excluding hydrogens is 272 g/mol. The summed E-state index contributed by atoms with van der Waals surface area (Å²) in [6, 6.07) is 6.58. The van der Waals surface area contributed by atoms with Crippen LogP contribution in [0.2, 0.25) is 0 Å². The number of carboxylic acid groups (broad SMARTS) is 1. The van der Waals surface area contributed by atoms with Gasteiger partial charge < -0.3 is 20.9 Å². The van der Waals surface area contributed by atoms with E-state index >= 15 is 0 Å². The Morgan fingerprint density at radius 1 is 1.24 bits per heavy atom. The zero-order valence-electron chi connectivity index (χ0n) is 11.8. The molecule has 1 aromatic rings. The Morgan fingerprint density at radius 3 is 2.43 bits per heavy atom. The summed E-state index contributed by atoms with van der Waals surface area (Å²) in [5.41, 5.74) is 6.45. The molecule has 0 aliphatic heterocycles. The van der Waals surface area contributed by atoms with E-state index in [1.54, 1.807) is 24.3 Å². The standard InChI is InChI=1S/C15H20N2O4/c16-15(7-1-2-8-15)9-13(18)17-11-3-5-12(6-4-11)21-10-14(19)20/h3-6H,1-2,7-10,16H2,(H,17,18)(H,19,20). The van der Waals surface area contributed by atoms with E-state index in [-0.39, 0.29) is 18.1 Å². The van der Waals surface area contributed by atoms with Crippen LogP contribution >= 0.6 is 0 Å². The Hall–Kier alpha value is -2.08. The average Bonchev–Trinajstić information content (AvgIpc) is 2.84. The first-order chi connectivity index (χ1) is 9.97. The van der Waals surface area contributed by atoms with Gasteiger partial charge in [-0.3, -0.25) is 4.79 Å². The lowest BCUT2D eigenvalue weighted by atomic mass is 9.94. The number of nitrogens with one attached hydrogen (secondary N) is 1. The van der Waals surface area contributed by atoms with Crippen LogP contribution in [0.1, 0.15) is 32.1 Å². The van der Waals surface area contributed by atoms with Gasteiger partial charge in [0.15, 0.2) is 6.61 Å². The fraction of sp³-hybridized carbons (Fsp3) is 0.467. The molecule has 1 aliphatic carbocycles. The van der Waals surface area contributed by atoms with E-state index in [4.69, 9.17) is 15.6 Å². The van der Waals surface area contributed by atoms with Crippen LogP contribution in [0, 0.1) is 0 Å². The number of aliphatic carboxylic acids is 1.